The van der Waals surface area contributed by atoms with Gasteiger partial charge in [-0.15, -0.1) is 35.3 Å². The van der Waals surface area contributed by atoms with Crippen molar-refractivity contribution in [2.75, 3.05) is 19.3 Å². The van der Waals surface area contributed by atoms with E-state index >= 15 is 0 Å². The number of nitrogens with one attached hydrogen (secondary N) is 2. The van der Waals surface area contributed by atoms with Gasteiger partial charge in [-0.05, 0) is 42.5 Å². The summed E-state index contributed by atoms with van der Waals surface area (Å²) in [6.45, 7) is 4.04. The zero-order valence-electron chi connectivity index (χ0n) is 11.4. The third-order valence-corrected chi connectivity index (χ3v) is 5.55. The first-order chi connectivity index (χ1) is 8.79. The predicted molar refractivity (Wildman–Crippen MR) is 98.2 cm³/mol. The first-order valence-corrected chi connectivity index (χ1v) is 8.31. The number of halogens is 1. The molecule has 0 radical (unpaired) electrons. The molecule has 2 rings (SSSR count). The van der Waals surface area contributed by atoms with Crippen LogP contribution in [0.5, 0.6) is 0 Å². The molecule has 0 bridgehead atoms. The monoisotopic (exact) mass is 411 g/mol. The summed E-state index contributed by atoms with van der Waals surface area (Å²) in [6, 6.07) is 2.16. The second kappa shape index (κ2) is 9.07. The van der Waals surface area contributed by atoms with Gasteiger partial charge in [-0.25, -0.2) is 0 Å². The largest absolute Gasteiger partial charge is 0.355 e. The second-order valence-corrected chi connectivity index (χ2v) is 6.88. The Balaban J connectivity index is 0.00000180. The first-order valence-electron chi connectivity index (χ1n) is 6.38. The van der Waals surface area contributed by atoms with E-state index in [9.17, 15) is 0 Å². The van der Waals surface area contributed by atoms with Gasteiger partial charge in [-0.2, -0.15) is 11.8 Å². The lowest BCUT2D eigenvalue weighted by Gasteiger charge is -2.14. The second-order valence-electron chi connectivity index (χ2n) is 4.47. The molecule has 0 spiro atoms. The van der Waals surface area contributed by atoms with Gasteiger partial charge in [-0.1, -0.05) is 0 Å². The van der Waals surface area contributed by atoms with Crippen molar-refractivity contribution in [3.63, 3.8) is 0 Å². The molecule has 6 heteroatoms. The van der Waals surface area contributed by atoms with Crippen LogP contribution in [-0.2, 0) is 6.54 Å². The maximum atomic E-state index is 4.27. The lowest BCUT2D eigenvalue weighted by Crippen LogP contribution is -2.39. The molecule has 1 saturated heterocycles. The van der Waals surface area contributed by atoms with Crippen molar-refractivity contribution in [1.82, 2.24) is 10.6 Å². The third kappa shape index (κ3) is 5.51. The molecular formula is C13H22IN3S2. The van der Waals surface area contributed by atoms with E-state index in [4.69, 9.17) is 0 Å². The number of nitrogens with zero attached hydrogens (tertiary/aromatic N) is 1. The maximum absolute atomic E-state index is 4.27. The van der Waals surface area contributed by atoms with E-state index in [1.54, 1.807) is 11.3 Å². The number of aliphatic imine (C=N–C) groups is 1. The average molecular weight is 411 g/mol. The van der Waals surface area contributed by atoms with Gasteiger partial charge in [-0.3, -0.25) is 4.99 Å². The van der Waals surface area contributed by atoms with Gasteiger partial charge in [0.1, 0.15) is 0 Å². The zero-order valence-corrected chi connectivity index (χ0v) is 15.4. The zero-order chi connectivity index (χ0) is 12.8. The van der Waals surface area contributed by atoms with Crippen molar-refractivity contribution in [3.05, 3.63) is 21.9 Å². The van der Waals surface area contributed by atoms with E-state index in [-0.39, 0.29) is 24.0 Å². The van der Waals surface area contributed by atoms with Crippen LogP contribution >= 0.6 is 47.1 Å². The van der Waals surface area contributed by atoms with Crippen LogP contribution in [0.2, 0.25) is 0 Å². The molecule has 2 heterocycles. The summed E-state index contributed by atoms with van der Waals surface area (Å²) in [5.41, 5.74) is 1.36. The number of thioether (sulfide) groups is 1. The van der Waals surface area contributed by atoms with Crippen LogP contribution in [0.25, 0.3) is 0 Å². The quantitative estimate of drug-likeness (QED) is 0.454. The van der Waals surface area contributed by atoms with E-state index in [0.29, 0.717) is 0 Å². The van der Waals surface area contributed by atoms with Crippen LogP contribution in [0, 0.1) is 6.92 Å². The Hall–Kier alpha value is 0.0500. The van der Waals surface area contributed by atoms with Crippen molar-refractivity contribution in [1.29, 1.82) is 0 Å². The highest BCUT2D eigenvalue weighted by atomic mass is 127. The van der Waals surface area contributed by atoms with Gasteiger partial charge >= 0.3 is 0 Å². The fraction of sp³-hybridized carbons (Fsp3) is 0.615. The fourth-order valence-electron chi connectivity index (χ4n) is 1.99. The van der Waals surface area contributed by atoms with Gasteiger partial charge in [0.2, 0.25) is 0 Å². The summed E-state index contributed by atoms with van der Waals surface area (Å²) in [4.78, 5) is 5.65. The Kier molecular flexibility index (Phi) is 8.17. The Morgan fingerprint density at radius 3 is 2.89 bits per heavy atom. The Morgan fingerprint density at radius 2 is 2.32 bits per heavy atom. The van der Waals surface area contributed by atoms with E-state index in [1.807, 2.05) is 7.05 Å². The summed E-state index contributed by atoms with van der Waals surface area (Å²) in [5.74, 6) is 2.22. The van der Waals surface area contributed by atoms with Crippen LogP contribution in [0.4, 0.5) is 0 Å². The number of aryl methyl sites for hydroxylation is 1. The topological polar surface area (TPSA) is 36.4 Å². The highest BCUT2D eigenvalue weighted by Gasteiger charge is 2.15. The molecule has 1 fully saturated rings. The molecule has 1 aromatic heterocycles. The van der Waals surface area contributed by atoms with Crippen LogP contribution in [0.3, 0.4) is 0 Å². The summed E-state index contributed by atoms with van der Waals surface area (Å²) in [6.07, 6.45) is 2.69. The number of thiophene rings is 1. The summed E-state index contributed by atoms with van der Waals surface area (Å²) in [5, 5.41) is 9.69. The Bertz CT molecular complexity index is 400. The molecule has 108 valence electrons. The molecule has 2 N–H and O–H groups in total. The normalized spacial score (nSPS) is 19.1. The minimum Gasteiger partial charge on any atom is -0.355 e. The highest BCUT2D eigenvalue weighted by molar-refractivity contribution is 14.0. The lowest BCUT2D eigenvalue weighted by molar-refractivity contribution is 0.727. The van der Waals surface area contributed by atoms with E-state index in [2.05, 4.69) is 45.8 Å². The van der Waals surface area contributed by atoms with Gasteiger partial charge in [0.15, 0.2) is 5.96 Å². The number of hydrogen-bond acceptors (Lipinski definition) is 3. The minimum atomic E-state index is 0. The highest BCUT2D eigenvalue weighted by Crippen LogP contribution is 2.25. The molecule has 1 aromatic rings. The van der Waals surface area contributed by atoms with E-state index in [0.717, 1.165) is 24.3 Å². The predicted octanol–water partition coefficient (Wildman–Crippen LogP) is 3.24. The van der Waals surface area contributed by atoms with Crippen LogP contribution in [-0.4, -0.2) is 30.6 Å². The van der Waals surface area contributed by atoms with Crippen molar-refractivity contribution >= 4 is 53.0 Å². The number of rotatable bonds is 4. The molecule has 0 aliphatic carbocycles. The SMILES string of the molecule is CN=C(NCc1sccc1C)NCC1CCCS1.I. The Labute approximate surface area is 141 Å². The minimum absolute atomic E-state index is 0. The molecule has 0 aromatic carbocycles. The standard InChI is InChI=1S/C13H21N3S2.HI/c1-10-5-7-18-12(10)9-16-13(14-2)15-8-11-4-3-6-17-11;/h5,7,11H,3-4,6,8-9H2,1-2H3,(H2,14,15,16);1H. The van der Waals surface area contributed by atoms with Crippen molar-refractivity contribution in [3.8, 4) is 0 Å². The maximum Gasteiger partial charge on any atom is 0.191 e. The van der Waals surface area contributed by atoms with Crippen molar-refractivity contribution in [2.45, 2.75) is 31.6 Å². The van der Waals surface area contributed by atoms with Crippen molar-refractivity contribution < 1.29 is 0 Å². The van der Waals surface area contributed by atoms with E-state index in [1.165, 1.54) is 29.0 Å². The average Bonchev–Trinajstić information content (AvgIpc) is 3.01. The molecule has 1 unspecified atom stereocenters. The number of hydrogen-bond donors (Lipinski definition) is 2. The molecule has 0 saturated carbocycles. The van der Waals surface area contributed by atoms with Crippen molar-refractivity contribution in [2.24, 2.45) is 4.99 Å². The fourth-order valence-corrected chi connectivity index (χ4v) is 4.03. The van der Waals surface area contributed by atoms with Crippen LogP contribution in [0.1, 0.15) is 23.3 Å². The van der Waals surface area contributed by atoms with E-state index < -0.39 is 0 Å². The summed E-state index contributed by atoms with van der Waals surface area (Å²) in [7, 11) is 1.83. The lowest BCUT2D eigenvalue weighted by atomic mass is 10.2. The summed E-state index contributed by atoms with van der Waals surface area (Å²) >= 11 is 3.87. The molecular weight excluding hydrogens is 389 g/mol. The smallest absolute Gasteiger partial charge is 0.191 e. The number of guanidine groups is 1. The van der Waals surface area contributed by atoms with Crippen LogP contribution < -0.4 is 10.6 Å². The summed E-state index contributed by atoms with van der Waals surface area (Å²) < 4.78 is 0. The molecule has 1 aliphatic rings. The Morgan fingerprint density at radius 1 is 1.47 bits per heavy atom. The molecule has 1 atom stereocenters. The molecule has 3 nitrogen and oxygen atoms in total. The van der Waals surface area contributed by atoms with Gasteiger partial charge in [0.25, 0.3) is 0 Å². The molecule has 19 heavy (non-hydrogen) atoms. The third-order valence-electron chi connectivity index (χ3n) is 3.13. The van der Waals surface area contributed by atoms with Gasteiger partial charge in [0.05, 0.1) is 6.54 Å². The van der Waals surface area contributed by atoms with Crippen LogP contribution in [0.15, 0.2) is 16.4 Å². The first kappa shape index (κ1) is 17.1. The molecule has 1 aliphatic heterocycles. The molecule has 0 amide bonds. The van der Waals surface area contributed by atoms with Gasteiger partial charge < -0.3 is 10.6 Å². The van der Waals surface area contributed by atoms with Gasteiger partial charge in [0, 0.05) is 23.7 Å².